The van der Waals surface area contributed by atoms with E-state index in [2.05, 4.69) is 15.8 Å². The van der Waals surface area contributed by atoms with E-state index >= 15 is 0 Å². The number of rotatable bonds is 4. The van der Waals surface area contributed by atoms with Crippen LogP contribution < -0.4 is 16.3 Å². The number of pyridine rings is 1. The summed E-state index contributed by atoms with van der Waals surface area (Å²) in [6.07, 6.45) is 1.62. The van der Waals surface area contributed by atoms with E-state index in [-0.39, 0.29) is 29.9 Å². The van der Waals surface area contributed by atoms with E-state index in [1.54, 1.807) is 29.0 Å². The van der Waals surface area contributed by atoms with Gasteiger partial charge in [0.2, 0.25) is 5.91 Å². The maximum Gasteiger partial charge on any atom is 0.259 e. The zero-order valence-electron chi connectivity index (χ0n) is 15.5. The Balaban J connectivity index is 1.63. The number of benzene rings is 1. The average molecular weight is 435 g/mol. The van der Waals surface area contributed by atoms with E-state index in [9.17, 15) is 9.59 Å². The summed E-state index contributed by atoms with van der Waals surface area (Å²) in [5.74, 6) is -0.219. The molecular formula is C20H20Cl2N4O3. The minimum atomic E-state index is -0.234. The molecule has 1 aromatic heterocycles. The van der Waals surface area contributed by atoms with E-state index in [1.807, 2.05) is 12.1 Å². The molecule has 29 heavy (non-hydrogen) atoms. The van der Waals surface area contributed by atoms with Crippen molar-refractivity contribution in [3.8, 4) is 0 Å². The van der Waals surface area contributed by atoms with Crippen LogP contribution in [0.2, 0.25) is 10.0 Å². The highest BCUT2D eigenvalue weighted by Gasteiger charge is 2.28. The van der Waals surface area contributed by atoms with Gasteiger partial charge >= 0.3 is 0 Å². The fourth-order valence-electron chi connectivity index (χ4n) is 3.68. The largest absolute Gasteiger partial charge is 0.372 e. The van der Waals surface area contributed by atoms with Crippen LogP contribution in [0.1, 0.15) is 23.7 Å². The zero-order valence-corrected chi connectivity index (χ0v) is 17.0. The first-order chi connectivity index (χ1) is 14.0. The molecule has 1 saturated heterocycles. The Bertz CT molecular complexity index is 1020. The molecule has 4 rings (SSSR count). The van der Waals surface area contributed by atoms with Gasteiger partial charge in [-0.15, -0.1) is 0 Å². The maximum atomic E-state index is 13.0. The summed E-state index contributed by atoms with van der Waals surface area (Å²) in [7, 11) is 0. The number of hydrogen-bond acceptors (Lipinski definition) is 5. The Hall–Kier alpha value is -2.19. The van der Waals surface area contributed by atoms with Gasteiger partial charge in [0.1, 0.15) is 0 Å². The van der Waals surface area contributed by atoms with E-state index in [4.69, 9.17) is 27.9 Å². The van der Waals surface area contributed by atoms with Crippen LogP contribution in [0, 0.1) is 5.92 Å². The quantitative estimate of drug-likeness (QED) is 0.773. The number of nitrogens with one attached hydrogen (secondary N) is 2. The molecule has 0 radical (unpaired) electrons. The van der Waals surface area contributed by atoms with Crippen molar-refractivity contribution >= 4 is 34.8 Å². The molecule has 2 N–H and O–H groups in total. The Morgan fingerprint density at radius 3 is 2.83 bits per heavy atom. The van der Waals surface area contributed by atoms with Gasteiger partial charge in [-0.1, -0.05) is 29.3 Å². The Kier molecular flexibility index (Phi) is 6.01. The van der Waals surface area contributed by atoms with Crippen LogP contribution >= 0.6 is 23.2 Å². The minimum absolute atomic E-state index is 0.00651. The standard InChI is InChI=1S/C20H20Cl2N4O3/c21-15-4-3-12(8-16(15)22)19-13(10-23-5-7-29-19)11-26-6-1-2-14(20(26)28)17-9-18(27)25-24-17/h1-4,6,8,13,19,23H,5,7,9-11H2,(H,25,27)/t13-,19-/m0/s1. The molecule has 2 aliphatic rings. The summed E-state index contributed by atoms with van der Waals surface area (Å²) in [5, 5.41) is 8.29. The van der Waals surface area contributed by atoms with E-state index in [0.717, 1.165) is 12.1 Å². The molecular weight excluding hydrogens is 415 g/mol. The maximum absolute atomic E-state index is 13.0. The van der Waals surface area contributed by atoms with Crippen molar-refractivity contribution in [1.29, 1.82) is 0 Å². The molecule has 1 aromatic carbocycles. The number of hydrogen-bond donors (Lipinski definition) is 2. The number of hydrazone groups is 1. The van der Waals surface area contributed by atoms with Crippen LogP contribution in [-0.2, 0) is 16.1 Å². The molecule has 2 aliphatic heterocycles. The number of carbonyl (C=O) groups excluding carboxylic acids is 1. The van der Waals surface area contributed by atoms with Gasteiger partial charge in [-0.25, -0.2) is 5.43 Å². The number of aromatic nitrogens is 1. The van der Waals surface area contributed by atoms with Gasteiger partial charge in [0.05, 0.1) is 40.5 Å². The minimum Gasteiger partial charge on any atom is -0.372 e. The third-order valence-electron chi connectivity index (χ3n) is 5.09. The molecule has 0 saturated carbocycles. The Morgan fingerprint density at radius 2 is 2.07 bits per heavy atom. The molecule has 7 nitrogen and oxygen atoms in total. The molecule has 0 bridgehead atoms. The molecule has 0 unspecified atom stereocenters. The first-order valence-electron chi connectivity index (χ1n) is 9.35. The Labute approximate surface area is 177 Å². The van der Waals surface area contributed by atoms with Crippen molar-refractivity contribution in [2.24, 2.45) is 11.0 Å². The second-order valence-electron chi connectivity index (χ2n) is 7.08. The molecule has 2 aromatic rings. The first-order valence-corrected chi connectivity index (χ1v) is 10.1. The van der Waals surface area contributed by atoms with Crippen molar-refractivity contribution in [2.45, 2.75) is 19.1 Å². The number of amides is 1. The Morgan fingerprint density at radius 1 is 1.21 bits per heavy atom. The zero-order chi connectivity index (χ0) is 20.4. The monoisotopic (exact) mass is 434 g/mol. The summed E-state index contributed by atoms with van der Waals surface area (Å²) in [4.78, 5) is 24.5. The predicted octanol–water partition coefficient (Wildman–Crippen LogP) is 2.36. The lowest BCUT2D eigenvalue weighted by molar-refractivity contribution is -0.119. The SMILES string of the molecule is O=C1CC(c2cccn(C[C@@H]3CNCCO[C@H]3c3ccc(Cl)c(Cl)c3)c2=O)=NN1. The van der Waals surface area contributed by atoms with Crippen molar-refractivity contribution in [3.05, 3.63) is 68.1 Å². The highest BCUT2D eigenvalue weighted by Crippen LogP contribution is 2.32. The van der Waals surface area contributed by atoms with Crippen LogP contribution in [0.15, 0.2) is 46.4 Å². The smallest absolute Gasteiger partial charge is 0.259 e. The predicted molar refractivity (Wildman–Crippen MR) is 112 cm³/mol. The molecule has 9 heteroatoms. The topological polar surface area (TPSA) is 84.7 Å². The lowest BCUT2D eigenvalue weighted by atomic mass is 9.95. The van der Waals surface area contributed by atoms with Crippen LogP contribution in [0.5, 0.6) is 0 Å². The van der Waals surface area contributed by atoms with Gasteiger partial charge in [-0.05, 0) is 29.8 Å². The van der Waals surface area contributed by atoms with Crippen molar-refractivity contribution < 1.29 is 9.53 Å². The van der Waals surface area contributed by atoms with Crippen LogP contribution in [0.4, 0.5) is 0 Å². The van der Waals surface area contributed by atoms with Gasteiger partial charge in [-0.2, -0.15) is 5.10 Å². The highest BCUT2D eigenvalue weighted by molar-refractivity contribution is 6.42. The van der Waals surface area contributed by atoms with Crippen LogP contribution in [-0.4, -0.2) is 35.9 Å². The fourth-order valence-corrected chi connectivity index (χ4v) is 3.98. The molecule has 2 atom stereocenters. The summed E-state index contributed by atoms with van der Waals surface area (Å²) in [6.45, 7) is 2.41. The molecule has 152 valence electrons. The van der Waals surface area contributed by atoms with Gasteiger partial charge in [-0.3, -0.25) is 9.59 Å². The highest BCUT2D eigenvalue weighted by atomic mass is 35.5. The molecule has 1 amide bonds. The van der Waals surface area contributed by atoms with Crippen LogP contribution in [0.3, 0.4) is 0 Å². The molecule has 3 heterocycles. The van der Waals surface area contributed by atoms with E-state index < -0.39 is 0 Å². The second-order valence-corrected chi connectivity index (χ2v) is 7.89. The summed E-state index contributed by atoms with van der Waals surface area (Å²) in [5.41, 5.74) is 4.03. The third kappa shape index (κ3) is 4.38. The summed E-state index contributed by atoms with van der Waals surface area (Å²) >= 11 is 12.3. The van der Waals surface area contributed by atoms with Crippen LogP contribution in [0.25, 0.3) is 0 Å². The average Bonchev–Trinajstić information content (AvgIpc) is 3.00. The third-order valence-corrected chi connectivity index (χ3v) is 5.83. The number of ether oxygens (including phenoxy) is 1. The van der Waals surface area contributed by atoms with Gasteiger partial charge in [0.15, 0.2) is 0 Å². The number of carbonyl (C=O) groups is 1. The van der Waals surface area contributed by atoms with Gasteiger partial charge < -0.3 is 14.6 Å². The van der Waals surface area contributed by atoms with Crippen molar-refractivity contribution in [1.82, 2.24) is 15.3 Å². The molecule has 0 spiro atoms. The van der Waals surface area contributed by atoms with Crippen molar-refractivity contribution in [2.75, 3.05) is 19.7 Å². The summed E-state index contributed by atoms with van der Waals surface area (Å²) < 4.78 is 7.74. The lowest BCUT2D eigenvalue weighted by Gasteiger charge is -2.26. The normalized spacial score (nSPS) is 22.1. The molecule has 1 fully saturated rings. The summed E-state index contributed by atoms with van der Waals surface area (Å²) in [6, 6.07) is 8.96. The molecule has 0 aliphatic carbocycles. The fraction of sp³-hybridized carbons (Fsp3) is 0.350. The number of halogens is 2. The van der Waals surface area contributed by atoms with Gasteiger partial charge in [0.25, 0.3) is 5.56 Å². The second kappa shape index (κ2) is 8.67. The van der Waals surface area contributed by atoms with E-state index in [0.29, 0.717) is 41.0 Å². The number of nitrogens with zero attached hydrogens (tertiary/aromatic N) is 2. The lowest BCUT2D eigenvalue weighted by Crippen LogP contribution is -2.33. The van der Waals surface area contributed by atoms with Crippen molar-refractivity contribution in [3.63, 3.8) is 0 Å². The van der Waals surface area contributed by atoms with E-state index in [1.165, 1.54) is 0 Å². The van der Waals surface area contributed by atoms with Gasteiger partial charge in [0, 0.05) is 31.7 Å². The first kappa shape index (κ1) is 20.1.